The summed E-state index contributed by atoms with van der Waals surface area (Å²) in [6, 6.07) is 10.1. The van der Waals surface area contributed by atoms with Crippen LogP contribution >= 0.6 is 12.2 Å². The van der Waals surface area contributed by atoms with Gasteiger partial charge in [0.1, 0.15) is 11.3 Å². The van der Waals surface area contributed by atoms with E-state index in [0.29, 0.717) is 34.2 Å². The molecule has 0 aliphatic carbocycles. The number of hydrogen-bond donors (Lipinski definition) is 1. The van der Waals surface area contributed by atoms with E-state index in [-0.39, 0.29) is 10.7 Å². The molecule has 1 N–H and O–H groups in total. The predicted octanol–water partition coefficient (Wildman–Crippen LogP) is 2.55. The molecule has 1 fully saturated rings. The second-order valence-electron chi connectivity index (χ2n) is 6.08. The van der Waals surface area contributed by atoms with Crippen LogP contribution in [0.2, 0.25) is 0 Å². The van der Waals surface area contributed by atoms with Crippen molar-refractivity contribution < 1.29 is 28.5 Å². The third-order valence-electron chi connectivity index (χ3n) is 4.47. The van der Waals surface area contributed by atoms with Crippen LogP contribution < -0.4 is 29.2 Å². The summed E-state index contributed by atoms with van der Waals surface area (Å²) in [6.07, 6.45) is 1.43. The number of carbonyl (C=O) groups excluding carboxylic acids is 2. The lowest BCUT2D eigenvalue weighted by Crippen LogP contribution is -2.54. The van der Waals surface area contributed by atoms with Gasteiger partial charge in [-0.2, -0.15) is 0 Å². The first kappa shape index (κ1) is 21.1. The minimum atomic E-state index is -0.605. The highest BCUT2D eigenvalue weighted by Crippen LogP contribution is 2.40. The van der Waals surface area contributed by atoms with E-state index in [0.717, 1.165) is 0 Å². The van der Waals surface area contributed by atoms with E-state index in [1.54, 1.807) is 43.5 Å². The number of anilines is 1. The first-order valence-corrected chi connectivity index (χ1v) is 9.20. The molecule has 2 aromatic rings. The van der Waals surface area contributed by atoms with E-state index >= 15 is 0 Å². The maximum atomic E-state index is 13.2. The molecule has 0 spiro atoms. The Morgan fingerprint density at radius 2 is 1.53 bits per heavy atom. The fourth-order valence-corrected chi connectivity index (χ4v) is 3.30. The van der Waals surface area contributed by atoms with Crippen LogP contribution in [-0.4, -0.2) is 45.4 Å². The van der Waals surface area contributed by atoms with Crippen LogP contribution in [0.1, 0.15) is 5.56 Å². The predicted molar refractivity (Wildman–Crippen MR) is 115 cm³/mol. The van der Waals surface area contributed by atoms with Crippen molar-refractivity contribution in [2.24, 2.45) is 0 Å². The molecule has 0 atom stereocenters. The summed E-state index contributed by atoms with van der Waals surface area (Å²) in [5.41, 5.74) is 0.858. The lowest BCUT2D eigenvalue weighted by molar-refractivity contribution is -0.122. The summed E-state index contributed by atoms with van der Waals surface area (Å²) >= 11 is 5.22. The molecule has 0 bridgehead atoms. The van der Waals surface area contributed by atoms with Crippen molar-refractivity contribution in [2.45, 2.75) is 0 Å². The zero-order valence-corrected chi connectivity index (χ0v) is 17.7. The van der Waals surface area contributed by atoms with E-state index in [4.69, 9.17) is 31.2 Å². The Morgan fingerprint density at radius 3 is 2.10 bits per heavy atom. The zero-order valence-electron chi connectivity index (χ0n) is 16.8. The van der Waals surface area contributed by atoms with Gasteiger partial charge in [-0.15, -0.1) is 0 Å². The highest BCUT2D eigenvalue weighted by atomic mass is 32.1. The molecule has 1 aliphatic rings. The van der Waals surface area contributed by atoms with Crippen LogP contribution in [0.4, 0.5) is 5.69 Å². The number of rotatable bonds is 6. The molecule has 156 valence electrons. The third kappa shape index (κ3) is 3.79. The molecule has 1 heterocycles. The molecule has 0 unspecified atom stereocenters. The Labute approximate surface area is 179 Å². The number of amides is 2. The minimum absolute atomic E-state index is 0.00778. The van der Waals surface area contributed by atoms with Gasteiger partial charge in [-0.3, -0.25) is 19.8 Å². The second-order valence-corrected chi connectivity index (χ2v) is 6.47. The largest absolute Gasteiger partial charge is 0.497 e. The average molecular weight is 428 g/mol. The number of nitrogens with one attached hydrogen (secondary N) is 1. The first-order chi connectivity index (χ1) is 14.4. The van der Waals surface area contributed by atoms with Crippen molar-refractivity contribution in [3.05, 3.63) is 47.5 Å². The van der Waals surface area contributed by atoms with Gasteiger partial charge >= 0.3 is 0 Å². The summed E-state index contributed by atoms with van der Waals surface area (Å²) in [5, 5.41) is 2.54. The van der Waals surface area contributed by atoms with Crippen molar-refractivity contribution >= 4 is 40.9 Å². The lowest BCUT2D eigenvalue weighted by atomic mass is 10.1. The van der Waals surface area contributed by atoms with E-state index in [9.17, 15) is 9.59 Å². The molecule has 0 radical (unpaired) electrons. The van der Waals surface area contributed by atoms with Crippen LogP contribution in [0.25, 0.3) is 6.08 Å². The number of carbonyl (C=O) groups is 2. The van der Waals surface area contributed by atoms with E-state index in [1.165, 1.54) is 32.3 Å². The smallest absolute Gasteiger partial charge is 0.270 e. The van der Waals surface area contributed by atoms with Crippen LogP contribution in [0.15, 0.2) is 42.0 Å². The van der Waals surface area contributed by atoms with E-state index < -0.39 is 11.8 Å². The fourth-order valence-electron chi connectivity index (χ4n) is 3.02. The molecule has 1 saturated heterocycles. The molecule has 0 saturated carbocycles. The molecule has 8 nitrogen and oxygen atoms in total. The Balaban J connectivity index is 2.06. The Kier molecular flexibility index (Phi) is 6.22. The Morgan fingerprint density at radius 1 is 0.867 bits per heavy atom. The van der Waals surface area contributed by atoms with Crippen molar-refractivity contribution in [3.8, 4) is 23.0 Å². The molecular formula is C21H20N2O6S. The van der Waals surface area contributed by atoms with Gasteiger partial charge in [0.15, 0.2) is 16.6 Å². The summed E-state index contributed by atoms with van der Waals surface area (Å²) in [5.74, 6) is 0.591. The highest BCUT2D eigenvalue weighted by Gasteiger charge is 2.35. The lowest BCUT2D eigenvalue weighted by Gasteiger charge is -2.29. The van der Waals surface area contributed by atoms with Crippen LogP contribution in [0, 0.1) is 0 Å². The Hall–Kier alpha value is -3.59. The molecule has 3 rings (SSSR count). The second kappa shape index (κ2) is 8.83. The highest BCUT2D eigenvalue weighted by molar-refractivity contribution is 7.80. The number of methoxy groups -OCH3 is 4. The fraction of sp³-hybridized carbons (Fsp3) is 0.190. The summed E-state index contributed by atoms with van der Waals surface area (Å²) in [4.78, 5) is 27.0. The molecule has 2 aromatic carbocycles. The summed E-state index contributed by atoms with van der Waals surface area (Å²) < 4.78 is 21.2. The molecular weight excluding hydrogens is 408 g/mol. The number of hydrogen-bond acceptors (Lipinski definition) is 7. The number of nitrogens with zero attached hydrogens (tertiary/aromatic N) is 1. The van der Waals surface area contributed by atoms with Crippen molar-refractivity contribution in [3.63, 3.8) is 0 Å². The molecule has 1 aliphatic heterocycles. The maximum Gasteiger partial charge on any atom is 0.270 e. The van der Waals surface area contributed by atoms with Crippen LogP contribution in [0.3, 0.4) is 0 Å². The number of ether oxygens (including phenoxy) is 4. The maximum absolute atomic E-state index is 13.2. The zero-order chi connectivity index (χ0) is 21.8. The van der Waals surface area contributed by atoms with E-state index in [1.807, 2.05) is 0 Å². The third-order valence-corrected chi connectivity index (χ3v) is 4.75. The van der Waals surface area contributed by atoms with Gasteiger partial charge < -0.3 is 18.9 Å². The van der Waals surface area contributed by atoms with Crippen molar-refractivity contribution in [1.29, 1.82) is 0 Å². The van der Waals surface area contributed by atoms with Gasteiger partial charge in [0.2, 0.25) is 5.75 Å². The van der Waals surface area contributed by atoms with Gasteiger partial charge in [-0.05, 0) is 54.7 Å². The summed E-state index contributed by atoms with van der Waals surface area (Å²) in [7, 11) is 5.98. The van der Waals surface area contributed by atoms with Crippen LogP contribution in [-0.2, 0) is 9.59 Å². The van der Waals surface area contributed by atoms with Crippen molar-refractivity contribution in [1.82, 2.24) is 5.32 Å². The van der Waals surface area contributed by atoms with Gasteiger partial charge in [-0.1, -0.05) is 0 Å². The topological polar surface area (TPSA) is 86.3 Å². The average Bonchev–Trinajstić information content (AvgIpc) is 2.76. The monoisotopic (exact) mass is 428 g/mol. The molecule has 0 aromatic heterocycles. The van der Waals surface area contributed by atoms with Gasteiger partial charge in [0.25, 0.3) is 11.8 Å². The quantitative estimate of drug-likeness (QED) is 0.430. The minimum Gasteiger partial charge on any atom is -0.497 e. The normalized spacial score (nSPS) is 15.1. The standard InChI is InChI=1S/C21H20N2O6S/c1-26-14-8-6-13(7-9-14)23-20(25)15(19(24)22-21(23)30)11-12-5-10-16(27-2)18(29-4)17(12)28-3/h5-11H,1-4H3,(H,22,24,30). The van der Waals surface area contributed by atoms with Gasteiger partial charge in [-0.25, -0.2) is 0 Å². The molecule has 30 heavy (non-hydrogen) atoms. The van der Waals surface area contributed by atoms with Gasteiger partial charge in [0.05, 0.1) is 34.1 Å². The number of benzene rings is 2. The van der Waals surface area contributed by atoms with E-state index in [2.05, 4.69) is 5.32 Å². The number of thiocarbonyl (C=S) groups is 1. The molecule has 9 heteroatoms. The van der Waals surface area contributed by atoms with Gasteiger partial charge in [0, 0.05) is 5.56 Å². The van der Waals surface area contributed by atoms with Crippen LogP contribution in [0.5, 0.6) is 23.0 Å². The summed E-state index contributed by atoms with van der Waals surface area (Å²) in [6.45, 7) is 0. The van der Waals surface area contributed by atoms with Crippen molar-refractivity contribution in [2.75, 3.05) is 33.3 Å². The Bertz CT molecular complexity index is 1030. The SMILES string of the molecule is COc1ccc(N2C(=O)C(=Cc3ccc(OC)c(OC)c3OC)C(=O)NC2=S)cc1. The first-order valence-electron chi connectivity index (χ1n) is 8.79. The molecule has 2 amide bonds.